The lowest BCUT2D eigenvalue weighted by molar-refractivity contribution is -0.114. The number of piperazine rings is 1. The van der Waals surface area contributed by atoms with Gasteiger partial charge in [-0.2, -0.15) is 0 Å². The average Bonchev–Trinajstić information content (AvgIpc) is 3.06. The number of anilines is 1. The van der Waals surface area contributed by atoms with Crippen molar-refractivity contribution in [3.8, 4) is 0 Å². The lowest BCUT2D eigenvalue weighted by Gasteiger charge is -2.34. The minimum atomic E-state index is -0.107. The van der Waals surface area contributed by atoms with Crippen molar-refractivity contribution in [2.24, 2.45) is 0 Å². The molecule has 2 amide bonds. The van der Waals surface area contributed by atoms with Crippen LogP contribution in [0.15, 0.2) is 113 Å². The van der Waals surface area contributed by atoms with Crippen molar-refractivity contribution < 1.29 is 9.59 Å². The van der Waals surface area contributed by atoms with Gasteiger partial charge in [-0.15, -0.1) is 0 Å². The molecule has 45 heavy (non-hydrogen) atoms. The second-order valence-electron chi connectivity index (χ2n) is 11.8. The Morgan fingerprint density at radius 3 is 2.27 bits per heavy atom. The van der Waals surface area contributed by atoms with Gasteiger partial charge < -0.3 is 15.1 Å². The molecule has 0 atom stereocenters. The molecule has 2 aliphatic heterocycles. The van der Waals surface area contributed by atoms with Crippen molar-refractivity contribution >= 4 is 35.3 Å². The molecule has 2 heterocycles. The monoisotopic (exact) mass is 616 g/mol. The predicted octanol–water partition coefficient (Wildman–Crippen LogP) is 6.61. The van der Waals surface area contributed by atoms with Crippen LogP contribution < -0.4 is 10.2 Å². The third-order valence-corrected chi connectivity index (χ3v) is 9.44. The fourth-order valence-electron chi connectivity index (χ4n) is 5.92. The highest BCUT2D eigenvalue weighted by atomic mass is 32.2. The van der Waals surface area contributed by atoms with E-state index in [-0.39, 0.29) is 11.8 Å². The Labute approximate surface area is 270 Å². The van der Waals surface area contributed by atoms with E-state index >= 15 is 0 Å². The summed E-state index contributed by atoms with van der Waals surface area (Å²) >= 11 is 1.46. The van der Waals surface area contributed by atoms with Gasteiger partial charge in [0.25, 0.3) is 11.8 Å². The summed E-state index contributed by atoms with van der Waals surface area (Å²) in [5.74, 6) is -0.164. The SMILES string of the molecule is Cc1cccc(CN2C(=O)/C(=C/c3ccccc3)Sc3ccc(C(=O)NCCCN4CCN(Cc5ccccc5)CC4)cc32)c1. The Hall–Kier alpha value is -4.17. The van der Waals surface area contributed by atoms with Crippen LogP contribution in [0.2, 0.25) is 0 Å². The lowest BCUT2D eigenvalue weighted by Crippen LogP contribution is -2.46. The minimum Gasteiger partial charge on any atom is -0.352 e. The van der Waals surface area contributed by atoms with Crippen LogP contribution in [0.4, 0.5) is 5.69 Å². The van der Waals surface area contributed by atoms with Crippen molar-refractivity contribution in [1.29, 1.82) is 0 Å². The van der Waals surface area contributed by atoms with E-state index in [9.17, 15) is 9.59 Å². The summed E-state index contributed by atoms with van der Waals surface area (Å²) in [6, 6.07) is 34.5. The number of aryl methyl sites for hydroxylation is 1. The number of hydrogen-bond donors (Lipinski definition) is 1. The largest absolute Gasteiger partial charge is 0.352 e. The fourth-order valence-corrected chi connectivity index (χ4v) is 6.96. The predicted molar refractivity (Wildman–Crippen MR) is 184 cm³/mol. The van der Waals surface area contributed by atoms with Gasteiger partial charge >= 0.3 is 0 Å². The van der Waals surface area contributed by atoms with Crippen molar-refractivity contribution in [3.63, 3.8) is 0 Å². The van der Waals surface area contributed by atoms with E-state index in [0.29, 0.717) is 23.6 Å². The zero-order valence-electron chi connectivity index (χ0n) is 25.8. The van der Waals surface area contributed by atoms with E-state index in [1.54, 1.807) is 0 Å². The highest BCUT2D eigenvalue weighted by Gasteiger charge is 2.30. The van der Waals surface area contributed by atoms with Gasteiger partial charge in [0.05, 0.1) is 17.1 Å². The molecule has 6 rings (SSSR count). The third-order valence-electron chi connectivity index (χ3n) is 8.36. The summed E-state index contributed by atoms with van der Waals surface area (Å²) in [4.78, 5) is 35.5. The molecular formula is C38H40N4O2S. The summed E-state index contributed by atoms with van der Waals surface area (Å²) < 4.78 is 0. The van der Waals surface area contributed by atoms with Gasteiger partial charge in [-0.05, 0) is 60.9 Å². The fraction of sp³-hybridized carbons (Fsp3) is 0.263. The molecule has 7 heteroatoms. The summed E-state index contributed by atoms with van der Waals surface area (Å²) in [6.45, 7) is 9.31. The highest BCUT2D eigenvalue weighted by molar-refractivity contribution is 8.04. The topological polar surface area (TPSA) is 55.9 Å². The maximum atomic E-state index is 13.9. The van der Waals surface area contributed by atoms with E-state index in [1.807, 2.05) is 71.6 Å². The second-order valence-corrected chi connectivity index (χ2v) is 12.9. The molecule has 0 aliphatic carbocycles. The summed E-state index contributed by atoms with van der Waals surface area (Å²) in [5, 5.41) is 3.11. The van der Waals surface area contributed by atoms with Gasteiger partial charge in [-0.3, -0.25) is 14.5 Å². The maximum Gasteiger partial charge on any atom is 0.265 e. The molecule has 0 aromatic heterocycles. The molecule has 0 spiro atoms. The van der Waals surface area contributed by atoms with Crippen LogP contribution in [0.25, 0.3) is 6.08 Å². The molecule has 1 fully saturated rings. The summed E-state index contributed by atoms with van der Waals surface area (Å²) in [6.07, 6.45) is 2.85. The van der Waals surface area contributed by atoms with E-state index in [4.69, 9.17) is 0 Å². The number of carbonyl (C=O) groups excluding carboxylic acids is 2. The van der Waals surface area contributed by atoms with Gasteiger partial charge in [0.15, 0.2) is 0 Å². The van der Waals surface area contributed by atoms with Crippen molar-refractivity contribution in [2.75, 3.05) is 44.2 Å². The number of nitrogens with one attached hydrogen (secondary N) is 1. The molecule has 0 unspecified atom stereocenters. The Morgan fingerprint density at radius 1 is 0.800 bits per heavy atom. The first kappa shape index (κ1) is 30.8. The normalized spacial score (nSPS) is 16.5. The van der Waals surface area contributed by atoms with Gasteiger partial charge in [0.1, 0.15) is 0 Å². The van der Waals surface area contributed by atoms with Gasteiger partial charge in [0.2, 0.25) is 0 Å². The number of benzene rings is 4. The number of carbonyl (C=O) groups is 2. The van der Waals surface area contributed by atoms with Crippen molar-refractivity contribution in [2.45, 2.75) is 31.3 Å². The first-order valence-corrected chi connectivity index (χ1v) is 16.6. The zero-order chi connectivity index (χ0) is 31.0. The van der Waals surface area contributed by atoms with Crippen LogP contribution in [0.1, 0.15) is 39.0 Å². The highest BCUT2D eigenvalue weighted by Crippen LogP contribution is 2.43. The molecule has 1 saturated heterocycles. The van der Waals surface area contributed by atoms with Crippen molar-refractivity contribution in [3.05, 3.63) is 136 Å². The van der Waals surface area contributed by atoms with Crippen molar-refractivity contribution in [1.82, 2.24) is 15.1 Å². The van der Waals surface area contributed by atoms with Gasteiger partial charge in [0, 0.05) is 49.7 Å². The van der Waals surface area contributed by atoms with Crippen LogP contribution in [0.5, 0.6) is 0 Å². The third kappa shape index (κ3) is 8.11. The van der Waals surface area contributed by atoms with E-state index in [2.05, 4.69) is 64.5 Å². The number of thioether (sulfide) groups is 1. The minimum absolute atomic E-state index is 0.0562. The molecule has 4 aromatic rings. The number of nitrogens with zero attached hydrogens (tertiary/aromatic N) is 3. The molecule has 4 aromatic carbocycles. The zero-order valence-corrected chi connectivity index (χ0v) is 26.6. The molecule has 6 nitrogen and oxygen atoms in total. The average molecular weight is 617 g/mol. The Morgan fingerprint density at radius 2 is 1.51 bits per heavy atom. The van der Waals surface area contributed by atoms with Gasteiger partial charge in [-0.25, -0.2) is 0 Å². The Bertz CT molecular complexity index is 1650. The maximum absolute atomic E-state index is 13.9. The number of amides is 2. The van der Waals surface area contributed by atoms with Crippen LogP contribution >= 0.6 is 11.8 Å². The van der Waals surface area contributed by atoms with Crippen LogP contribution in [-0.2, 0) is 17.9 Å². The molecule has 230 valence electrons. The van der Waals surface area contributed by atoms with Gasteiger partial charge in [-0.1, -0.05) is 102 Å². The smallest absolute Gasteiger partial charge is 0.265 e. The Kier molecular flexibility index (Phi) is 10.1. The van der Waals surface area contributed by atoms with E-state index in [0.717, 1.165) is 73.0 Å². The number of rotatable bonds is 10. The molecule has 0 bridgehead atoms. The molecular weight excluding hydrogens is 577 g/mol. The molecule has 0 radical (unpaired) electrons. The van der Waals surface area contributed by atoms with Crippen LogP contribution in [0.3, 0.4) is 0 Å². The number of hydrogen-bond acceptors (Lipinski definition) is 5. The lowest BCUT2D eigenvalue weighted by atomic mass is 10.1. The molecule has 1 N–H and O–H groups in total. The molecule has 2 aliphatic rings. The Balaban J connectivity index is 1.07. The van der Waals surface area contributed by atoms with E-state index in [1.165, 1.54) is 17.3 Å². The van der Waals surface area contributed by atoms with E-state index < -0.39 is 0 Å². The van der Waals surface area contributed by atoms with Crippen LogP contribution in [-0.4, -0.2) is 60.9 Å². The second kappa shape index (κ2) is 14.7. The van der Waals surface area contributed by atoms with Crippen LogP contribution in [0, 0.1) is 6.92 Å². The quantitative estimate of drug-likeness (QED) is 0.161. The standard InChI is InChI=1S/C38H40N4O2S/c1-29-10-8-15-32(24-29)28-42-34-26-33(16-17-35(34)45-36(38(42)44)25-30-11-4-2-5-12-30)37(43)39-18-9-19-40-20-22-41(23-21-40)27-31-13-6-3-7-14-31/h2-8,10-17,24-26H,9,18-23,27-28H2,1H3,(H,39,43)/b36-25-. The summed E-state index contributed by atoms with van der Waals surface area (Å²) in [7, 11) is 0. The first-order valence-electron chi connectivity index (χ1n) is 15.7. The molecule has 0 saturated carbocycles. The first-order chi connectivity index (χ1) is 22.0. The summed E-state index contributed by atoms with van der Waals surface area (Å²) in [5.41, 5.74) is 5.89. The number of fused-ring (bicyclic) bond motifs is 1.